The van der Waals surface area contributed by atoms with Crippen molar-refractivity contribution >= 4 is 0 Å². The predicted octanol–water partition coefficient (Wildman–Crippen LogP) is 6.39. The second-order valence-corrected chi connectivity index (χ2v) is 7.33. The van der Waals surface area contributed by atoms with Crippen LogP contribution in [-0.4, -0.2) is 10.4 Å². The predicted molar refractivity (Wildman–Crippen MR) is 110 cm³/mol. The van der Waals surface area contributed by atoms with Gasteiger partial charge < -0.3 is 4.52 Å². The molecule has 0 fully saturated rings. The number of hydrogen-bond donors (Lipinski definition) is 0. The molecule has 0 radical (unpaired) electrons. The zero-order valence-corrected chi connectivity index (χ0v) is 16.0. The summed E-state index contributed by atoms with van der Waals surface area (Å²) in [7, 11) is 0. The van der Waals surface area contributed by atoms with Gasteiger partial charge in [0.2, 0.25) is 0 Å². The van der Waals surface area contributed by atoms with Crippen LogP contribution in [0.15, 0.2) is 95.8 Å². The first-order chi connectivity index (χ1) is 13.1. The van der Waals surface area contributed by atoms with Crippen LogP contribution in [-0.2, 0) is 5.41 Å². The quantitative estimate of drug-likeness (QED) is 0.418. The van der Waals surface area contributed by atoms with E-state index in [1.807, 2.05) is 0 Å². The normalized spacial score (nSPS) is 10.8. The summed E-state index contributed by atoms with van der Waals surface area (Å²) >= 11 is 0. The summed E-state index contributed by atoms with van der Waals surface area (Å²) in [6.45, 7) is 6.75. The van der Waals surface area contributed by atoms with Crippen molar-refractivity contribution < 1.29 is 4.52 Å². The van der Waals surface area contributed by atoms with Crippen LogP contribution in [0.4, 0.5) is 0 Å². The molecule has 27 heavy (non-hydrogen) atoms. The van der Waals surface area contributed by atoms with E-state index in [-0.39, 0.29) is 5.41 Å². The molecule has 0 spiro atoms. The Balaban J connectivity index is 0.000000364. The fraction of sp³-hybridized carbons (Fsp3) is 0.167. The Hall–Kier alpha value is -3.20. The fourth-order valence-electron chi connectivity index (χ4n) is 2.89. The van der Waals surface area contributed by atoms with Crippen LogP contribution in [0, 0.1) is 0 Å². The molecule has 0 aliphatic heterocycles. The summed E-state index contributed by atoms with van der Waals surface area (Å²) in [5.74, 6) is 0. The highest BCUT2D eigenvalue weighted by atomic mass is 16.5. The number of rotatable bonds is 2. The summed E-state index contributed by atoms with van der Waals surface area (Å²) in [5, 5.41) is 6.40. The maximum atomic E-state index is 4.22. The lowest BCUT2D eigenvalue weighted by atomic mass is 9.85. The average molecular weight is 356 g/mol. The lowest BCUT2D eigenvalue weighted by Gasteiger charge is -2.19. The Morgan fingerprint density at radius 3 is 1.67 bits per heavy atom. The fourth-order valence-corrected chi connectivity index (χ4v) is 2.89. The molecule has 1 aromatic heterocycles. The van der Waals surface area contributed by atoms with Crippen LogP contribution in [0.2, 0.25) is 0 Å². The van der Waals surface area contributed by atoms with Crippen molar-refractivity contribution in [3.8, 4) is 22.3 Å². The van der Waals surface area contributed by atoms with Gasteiger partial charge in [-0.15, -0.1) is 5.10 Å². The molecule has 0 saturated carbocycles. The molecule has 0 aliphatic rings. The molecule has 0 unspecified atom stereocenters. The summed E-state index contributed by atoms with van der Waals surface area (Å²) in [4.78, 5) is 0. The van der Waals surface area contributed by atoms with E-state index in [0.29, 0.717) is 0 Å². The molecular formula is C24H24N2O. The van der Waals surface area contributed by atoms with Gasteiger partial charge in [0.1, 0.15) is 6.26 Å². The Kier molecular flexibility index (Phi) is 5.82. The molecule has 0 N–H and O–H groups in total. The molecule has 0 saturated heterocycles. The van der Waals surface area contributed by atoms with Crippen molar-refractivity contribution in [2.24, 2.45) is 0 Å². The Bertz CT molecular complexity index is 921. The highest BCUT2D eigenvalue weighted by Gasteiger charge is 2.13. The first kappa shape index (κ1) is 18.6. The van der Waals surface area contributed by atoms with E-state index in [1.165, 1.54) is 40.3 Å². The standard InChI is InChI=1S/C22H22.C2H2N2O/c1-22(2,3)19-15-13-18(14-16-19)21-12-8-7-11-20(21)17-9-5-4-6-10-17;1-2-5-4-3-1/h4-16H,1-3H3;1-2H. The average Bonchev–Trinajstić information content (AvgIpc) is 3.28. The van der Waals surface area contributed by atoms with Crippen LogP contribution < -0.4 is 0 Å². The molecule has 4 rings (SSSR count). The maximum Gasteiger partial charge on any atom is 0.144 e. The third-order valence-corrected chi connectivity index (χ3v) is 4.36. The number of aromatic nitrogens is 2. The van der Waals surface area contributed by atoms with E-state index in [2.05, 4.69) is 115 Å². The van der Waals surface area contributed by atoms with E-state index < -0.39 is 0 Å². The molecule has 0 bridgehead atoms. The molecule has 0 atom stereocenters. The van der Waals surface area contributed by atoms with Crippen LogP contribution in [0.1, 0.15) is 26.3 Å². The van der Waals surface area contributed by atoms with Gasteiger partial charge in [-0.1, -0.05) is 99.6 Å². The van der Waals surface area contributed by atoms with Crippen LogP contribution >= 0.6 is 0 Å². The van der Waals surface area contributed by atoms with Gasteiger partial charge in [0.15, 0.2) is 0 Å². The minimum atomic E-state index is 0.192. The summed E-state index contributed by atoms with van der Waals surface area (Å²) in [6, 6.07) is 28.2. The number of nitrogens with zero attached hydrogens (tertiary/aromatic N) is 2. The largest absolute Gasteiger partial charge is 0.346 e. The maximum absolute atomic E-state index is 4.22. The second-order valence-electron chi connectivity index (χ2n) is 7.33. The van der Waals surface area contributed by atoms with Gasteiger partial charge in [0, 0.05) is 5.27 Å². The molecule has 0 amide bonds. The third kappa shape index (κ3) is 4.91. The van der Waals surface area contributed by atoms with Crippen molar-refractivity contribution in [2.45, 2.75) is 26.2 Å². The van der Waals surface area contributed by atoms with Gasteiger partial charge in [-0.05, 0) is 33.2 Å². The van der Waals surface area contributed by atoms with Gasteiger partial charge in [-0.3, -0.25) is 0 Å². The van der Waals surface area contributed by atoms with E-state index in [4.69, 9.17) is 0 Å². The van der Waals surface area contributed by atoms with Crippen molar-refractivity contribution in [2.75, 3.05) is 0 Å². The summed E-state index contributed by atoms with van der Waals surface area (Å²) < 4.78 is 4.22. The lowest BCUT2D eigenvalue weighted by molar-refractivity contribution is 0.393. The molecule has 3 nitrogen and oxygen atoms in total. The van der Waals surface area contributed by atoms with Gasteiger partial charge >= 0.3 is 0 Å². The minimum absolute atomic E-state index is 0.192. The third-order valence-electron chi connectivity index (χ3n) is 4.36. The molecule has 1 heterocycles. The SMILES string of the molecule is CC(C)(C)c1ccc(-c2ccccc2-c2ccccc2)cc1.c1conn1. The van der Waals surface area contributed by atoms with E-state index >= 15 is 0 Å². The topological polar surface area (TPSA) is 38.9 Å². The Morgan fingerprint density at radius 1 is 0.667 bits per heavy atom. The summed E-state index contributed by atoms with van der Waals surface area (Å²) in [5.41, 5.74) is 6.66. The van der Waals surface area contributed by atoms with Gasteiger partial charge in [-0.2, -0.15) is 0 Å². The zero-order valence-electron chi connectivity index (χ0n) is 16.0. The second kappa shape index (κ2) is 8.45. The highest BCUT2D eigenvalue weighted by molar-refractivity contribution is 5.83. The summed E-state index contributed by atoms with van der Waals surface area (Å²) in [6.07, 6.45) is 2.88. The molecule has 0 aliphatic carbocycles. The molecule has 136 valence electrons. The van der Waals surface area contributed by atoms with E-state index in [9.17, 15) is 0 Å². The number of benzene rings is 3. The molecular weight excluding hydrogens is 332 g/mol. The molecule has 3 heteroatoms. The van der Waals surface area contributed by atoms with Gasteiger partial charge in [0.05, 0.1) is 6.20 Å². The van der Waals surface area contributed by atoms with Crippen molar-refractivity contribution in [1.29, 1.82) is 0 Å². The highest BCUT2D eigenvalue weighted by Crippen LogP contribution is 2.33. The van der Waals surface area contributed by atoms with Gasteiger partial charge in [-0.25, -0.2) is 0 Å². The minimum Gasteiger partial charge on any atom is -0.346 e. The first-order valence-corrected chi connectivity index (χ1v) is 9.02. The van der Waals surface area contributed by atoms with Crippen LogP contribution in [0.25, 0.3) is 22.3 Å². The van der Waals surface area contributed by atoms with Crippen LogP contribution in [0.3, 0.4) is 0 Å². The van der Waals surface area contributed by atoms with Crippen molar-refractivity contribution in [3.63, 3.8) is 0 Å². The lowest BCUT2D eigenvalue weighted by Crippen LogP contribution is -2.10. The Labute approximate surface area is 160 Å². The monoisotopic (exact) mass is 356 g/mol. The number of hydrogen-bond acceptors (Lipinski definition) is 3. The van der Waals surface area contributed by atoms with Gasteiger partial charge in [0.25, 0.3) is 0 Å². The molecule has 3 aromatic carbocycles. The van der Waals surface area contributed by atoms with Crippen molar-refractivity contribution in [1.82, 2.24) is 10.4 Å². The Morgan fingerprint density at radius 2 is 1.22 bits per heavy atom. The van der Waals surface area contributed by atoms with Crippen molar-refractivity contribution in [3.05, 3.63) is 96.9 Å². The first-order valence-electron chi connectivity index (χ1n) is 9.02. The zero-order chi connectivity index (χ0) is 19.1. The van der Waals surface area contributed by atoms with Crippen LogP contribution in [0.5, 0.6) is 0 Å². The smallest absolute Gasteiger partial charge is 0.144 e. The van der Waals surface area contributed by atoms with E-state index in [1.54, 1.807) is 0 Å². The molecule has 4 aromatic rings. The van der Waals surface area contributed by atoms with E-state index in [0.717, 1.165) is 0 Å².